The van der Waals surface area contributed by atoms with Gasteiger partial charge < -0.3 is 15.1 Å². The van der Waals surface area contributed by atoms with Crippen molar-refractivity contribution in [3.63, 3.8) is 0 Å². The maximum atomic E-state index is 12.8. The lowest BCUT2D eigenvalue weighted by Crippen LogP contribution is -2.57. The maximum Gasteiger partial charge on any atom is 0.264 e. The Morgan fingerprint density at radius 2 is 2.32 bits per heavy atom. The first-order valence-electron chi connectivity index (χ1n) is 8.06. The molecule has 0 bridgehead atoms. The molecular formula is C16H23N3O2S. The number of nitrogens with zero attached hydrogens (tertiary/aromatic N) is 2. The van der Waals surface area contributed by atoms with E-state index in [0.717, 1.165) is 49.3 Å². The van der Waals surface area contributed by atoms with Crippen molar-refractivity contribution < 1.29 is 9.59 Å². The number of hydrogen-bond acceptors (Lipinski definition) is 4. The van der Waals surface area contributed by atoms with Crippen molar-refractivity contribution in [2.45, 2.75) is 32.2 Å². The van der Waals surface area contributed by atoms with Gasteiger partial charge in [-0.3, -0.25) is 9.59 Å². The van der Waals surface area contributed by atoms with Crippen LogP contribution in [0.2, 0.25) is 0 Å². The van der Waals surface area contributed by atoms with Gasteiger partial charge in [-0.05, 0) is 36.3 Å². The topological polar surface area (TPSA) is 52.7 Å². The van der Waals surface area contributed by atoms with Gasteiger partial charge in [-0.25, -0.2) is 0 Å². The molecule has 0 aromatic carbocycles. The molecule has 2 saturated heterocycles. The summed E-state index contributed by atoms with van der Waals surface area (Å²) in [7, 11) is 0. The summed E-state index contributed by atoms with van der Waals surface area (Å²) in [6.07, 6.45) is 2.86. The van der Waals surface area contributed by atoms with E-state index in [2.05, 4.69) is 12.2 Å². The van der Waals surface area contributed by atoms with Crippen molar-refractivity contribution >= 4 is 23.2 Å². The van der Waals surface area contributed by atoms with Crippen LogP contribution in [0.3, 0.4) is 0 Å². The van der Waals surface area contributed by atoms with Gasteiger partial charge in [-0.15, -0.1) is 11.3 Å². The van der Waals surface area contributed by atoms with Gasteiger partial charge in [-0.1, -0.05) is 6.92 Å². The minimum atomic E-state index is 0.138. The van der Waals surface area contributed by atoms with Crippen molar-refractivity contribution in [1.82, 2.24) is 15.1 Å². The first-order valence-corrected chi connectivity index (χ1v) is 8.94. The summed E-state index contributed by atoms with van der Waals surface area (Å²) in [6.45, 7) is 5.58. The average molecular weight is 321 g/mol. The summed E-state index contributed by atoms with van der Waals surface area (Å²) in [4.78, 5) is 29.6. The molecule has 0 spiro atoms. The standard InChI is InChI=1S/C16H23N3O2S/c1-2-12-5-9-22-15(12)16(21)18-7-3-4-13(11-18)19-8-6-17-10-14(19)20/h5,9,13,17H,2-4,6-8,10-11H2,1H3. The Bertz CT molecular complexity index is 557. The van der Waals surface area contributed by atoms with Crippen molar-refractivity contribution in [1.29, 1.82) is 0 Å². The van der Waals surface area contributed by atoms with E-state index in [1.54, 1.807) is 0 Å². The molecule has 3 heterocycles. The molecule has 1 aromatic rings. The second-order valence-electron chi connectivity index (χ2n) is 5.94. The van der Waals surface area contributed by atoms with E-state index in [9.17, 15) is 9.59 Å². The monoisotopic (exact) mass is 321 g/mol. The third-order valence-corrected chi connectivity index (χ3v) is 5.52. The normalized spacial score (nSPS) is 23.0. The van der Waals surface area contributed by atoms with Crippen LogP contribution in [0, 0.1) is 0 Å². The fourth-order valence-electron chi connectivity index (χ4n) is 3.35. The van der Waals surface area contributed by atoms with Gasteiger partial charge >= 0.3 is 0 Å². The third kappa shape index (κ3) is 3.03. The Morgan fingerprint density at radius 1 is 1.45 bits per heavy atom. The number of carbonyl (C=O) groups is 2. The van der Waals surface area contributed by atoms with Crippen LogP contribution >= 0.6 is 11.3 Å². The number of likely N-dealkylation sites (tertiary alicyclic amines) is 1. The van der Waals surface area contributed by atoms with Crippen molar-refractivity contribution in [3.05, 3.63) is 21.9 Å². The molecule has 1 N–H and O–H groups in total. The van der Waals surface area contributed by atoms with Crippen LogP contribution in [0.4, 0.5) is 0 Å². The molecule has 2 aliphatic rings. The summed E-state index contributed by atoms with van der Waals surface area (Å²) in [5.74, 6) is 0.301. The highest BCUT2D eigenvalue weighted by Crippen LogP contribution is 2.23. The summed E-state index contributed by atoms with van der Waals surface area (Å²) in [5.41, 5.74) is 1.13. The summed E-state index contributed by atoms with van der Waals surface area (Å²) >= 11 is 1.53. The lowest BCUT2D eigenvalue weighted by Gasteiger charge is -2.41. The molecule has 2 fully saturated rings. The van der Waals surface area contributed by atoms with Crippen LogP contribution in [0.25, 0.3) is 0 Å². The highest BCUT2D eigenvalue weighted by atomic mass is 32.1. The number of piperidine rings is 1. The molecule has 2 aliphatic heterocycles. The van der Waals surface area contributed by atoms with Crippen LogP contribution in [0.5, 0.6) is 0 Å². The lowest BCUT2D eigenvalue weighted by molar-refractivity contribution is -0.135. The van der Waals surface area contributed by atoms with Gasteiger partial charge in [0, 0.05) is 32.2 Å². The van der Waals surface area contributed by atoms with E-state index in [-0.39, 0.29) is 17.9 Å². The number of hydrogen-bond donors (Lipinski definition) is 1. The molecule has 5 nitrogen and oxygen atoms in total. The Kier molecular flexibility index (Phi) is 4.78. The average Bonchev–Trinajstić information content (AvgIpc) is 3.03. The molecule has 1 aromatic heterocycles. The van der Waals surface area contributed by atoms with Gasteiger partial charge in [0.05, 0.1) is 11.4 Å². The van der Waals surface area contributed by atoms with Crippen LogP contribution in [-0.2, 0) is 11.2 Å². The maximum absolute atomic E-state index is 12.8. The zero-order valence-corrected chi connectivity index (χ0v) is 13.8. The quantitative estimate of drug-likeness (QED) is 0.914. The Hall–Kier alpha value is -1.40. The molecule has 120 valence electrons. The lowest BCUT2D eigenvalue weighted by atomic mass is 10.0. The highest BCUT2D eigenvalue weighted by Gasteiger charge is 2.32. The fourth-order valence-corrected chi connectivity index (χ4v) is 4.31. The SMILES string of the molecule is CCc1ccsc1C(=O)N1CCCC(N2CCNCC2=O)C1. The smallest absolute Gasteiger partial charge is 0.264 e. The number of carbonyl (C=O) groups excluding carboxylic acids is 2. The van der Waals surface area contributed by atoms with Crippen molar-refractivity contribution in [2.75, 3.05) is 32.7 Å². The van der Waals surface area contributed by atoms with E-state index in [0.29, 0.717) is 13.1 Å². The molecular weight excluding hydrogens is 298 g/mol. The predicted molar refractivity (Wildman–Crippen MR) is 87.2 cm³/mol. The number of rotatable bonds is 3. The van der Waals surface area contributed by atoms with E-state index < -0.39 is 0 Å². The molecule has 1 unspecified atom stereocenters. The largest absolute Gasteiger partial charge is 0.336 e. The first kappa shape index (κ1) is 15.5. The van der Waals surface area contributed by atoms with Gasteiger partial charge in [0.2, 0.25) is 5.91 Å². The minimum Gasteiger partial charge on any atom is -0.336 e. The van der Waals surface area contributed by atoms with E-state index in [1.165, 1.54) is 11.3 Å². The van der Waals surface area contributed by atoms with E-state index >= 15 is 0 Å². The Morgan fingerprint density at radius 3 is 3.09 bits per heavy atom. The zero-order valence-electron chi connectivity index (χ0n) is 13.0. The Balaban J connectivity index is 1.70. The summed E-state index contributed by atoms with van der Waals surface area (Å²) in [5, 5.41) is 5.10. The van der Waals surface area contributed by atoms with Gasteiger partial charge in [0.15, 0.2) is 0 Å². The highest BCUT2D eigenvalue weighted by molar-refractivity contribution is 7.12. The molecule has 0 saturated carbocycles. The first-order chi connectivity index (χ1) is 10.7. The number of aryl methyl sites for hydroxylation is 1. The van der Waals surface area contributed by atoms with Crippen molar-refractivity contribution in [2.24, 2.45) is 0 Å². The molecule has 0 radical (unpaired) electrons. The van der Waals surface area contributed by atoms with Gasteiger partial charge in [-0.2, -0.15) is 0 Å². The number of nitrogens with one attached hydrogen (secondary N) is 1. The second-order valence-corrected chi connectivity index (χ2v) is 6.86. The van der Waals surface area contributed by atoms with Crippen LogP contribution in [0.1, 0.15) is 35.0 Å². The molecule has 3 rings (SSSR count). The van der Waals surface area contributed by atoms with Crippen LogP contribution in [-0.4, -0.2) is 60.4 Å². The van der Waals surface area contributed by atoms with E-state index in [1.807, 2.05) is 21.2 Å². The van der Waals surface area contributed by atoms with Gasteiger partial charge in [0.25, 0.3) is 5.91 Å². The summed E-state index contributed by atoms with van der Waals surface area (Å²) in [6, 6.07) is 2.22. The zero-order chi connectivity index (χ0) is 15.5. The van der Waals surface area contributed by atoms with E-state index in [4.69, 9.17) is 0 Å². The molecule has 22 heavy (non-hydrogen) atoms. The molecule has 2 amide bonds. The Labute approximate surface area is 135 Å². The van der Waals surface area contributed by atoms with Gasteiger partial charge in [0.1, 0.15) is 0 Å². The second kappa shape index (κ2) is 6.79. The third-order valence-electron chi connectivity index (χ3n) is 4.57. The summed E-state index contributed by atoms with van der Waals surface area (Å²) < 4.78 is 0. The molecule has 1 atom stereocenters. The molecule has 0 aliphatic carbocycles. The van der Waals surface area contributed by atoms with Crippen LogP contribution in [0.15, 0.2) is 11.4 Å². The minimum absolute atomic E-state index is 0.138. The number of piperazine rings is 1. The number of amides is 2. The predicted octanol–water partition coefficient (Wildman–Crippen LogP) is 1.35. The number of thiophene rings is 1. The molecule has 6 heteroatoms. The fraction of sp³-hybridized carbons (Fsp3) is 0.625. The van der Waals surface area contributed by atoms with Crippen LogP contribution < -0.4 is 5.32 Å². The van der Waals surface area contributed by atoms with Crippen molar-refractivity contribution in [3.8, 4) is 0 Å².